The summed E-state index contributed by atoms with van der Waals surface area (Å²) in [6.45, 7) is 10.7. The fourth-order valence-corrected chi connectivity index (χ4v) is 8.87. The predicted octanol–water partition coefficient (Wildman–Crippen LogP) is 5.36. The van der Waals surface area contributed by atoms with Crippen LogP contribution in [0.4, 0.5) is 0 Å². The average Bonchev–Trinajstić information content (AvgIpc) is 3.23. The summed E-state index contributed by atoms with van der Waals surface area (Å²) in [4.78, 5) is 27.3. The maximum atomic E-state index is 13.8. The highest BCUT2D eigenvalue weighted by Crippen LogP contribution is 2.61. The molecule has 6 saturated carbocycles. The Balaban J connectivity index is 1.36. The van der Waals surface area contributed by atoms with Gasteiger partial charge < -0.3 is 14.2 Å². The number of ether oxygens (including phenoxy) is 3. The Hall–Kier alpha value is -1.10. The minimum atomic E-state index is -0.934. The highest BCUT2D eigenvalue weighted by molar-refractivity contribution is 5.84. The zero-order valence-electron chi connectivity index (χ0n) is 20.6. The molecule has 0 saturated heterocycles. The summed E-state index contributed by atoms with van der Waals surface area (Å²) in [6.07, 6.45) is 8.58. The SMILES string of the molecule is CCOC(C)(CC)OC(=O)C1C2CC(C(C)C2C)C1C(=O)OC12CC3CC(CC(C3)C1)C2. The number of carbonyl (C=O) groups excluding carboxylic acids is 2. The van der Waals surface area contributed by atoms with Crippen LogP contribution in [0.15, 0.2) is 0 Å². The fourth-order valence-electron chi connectivity index (χ4n) is 8.87. The first-order valence-corrected chi connectivity index (χ1v) is 13.3. The predicted molar refractivity (Wildman–Crippen MR) is 120 cm³/mol. The molecule has 6 aliphatic rings. The van der Waals surface area contributed by atoms with Crippen LogP contribution in [0, 0.1) is 53.3 Å². The van der Waals surface area contributed by atoms with Crippen LogP contribution in [-0.2, 0) is 23.8 Å². The molecule has 6 aliphatic carbocycles. The Bertz CT molecular complexity index is 726. The summed E-state index contributed by atoms with van der Waals surface area (Å²) in [5, 5.41) is 0. The van der Waals surface area contributed by atoms with E-state index < -0.39 is 11.7 Å². The molecule has 7 unspecified atom stereocenters. The number of fused-ring (bicyclic) bond motifs is 2. The van der Waals surface area contributed by atoms with Gasteiger partial charge in [-0.1, -0.05) is 20.8 Å². The fraction of sp³-hybridized carbons (Fsp3) is 0.926. The molecule has 7 atom stereocenters. The molecular weight excluding hydrogens is 404 g/mol. The third-order valence-electron chi connectivity index (χ3n) is 10.3. The summed E-state index contributed by atoms with van der Waals surface area (Å²) in [6, 6.07) is 0. The lowest BCUT2D eigenvalue weighted by Gasteiger charge is -2.56. The molecule has 32 heavy (non-hydrogen) atoms. The third kappa shape index (κ3) is 3.61. The Morgan fingerprint density at radius 2 is 1.34 bits per heavy atom. The lowest BCUT2D eigenvalue weighted by Crippen LogP contribution is -2.54. The Morgan fingerprint density at radius 1 is 0.844 bits per heavy atom. The van der Waals surface area contributed by atoms with Gasteiger partial charge in [-0.2, -0.15) is 0 Å². The van der Waals surface area contributed by atoms with Crippen molar-refractivity contribution in [2.75, 3.05) is 6.61 Å². The average molecular weight is 447 g/mol. The van der Waals surface area contributed by atoms with Crippen LogP contribution in [0.3, 0.4) is 0 Å². The second kappa shape index (κ2) is 7.99. The normalized spacial score (nSPS) is 48.0. The molecule has 0 amide bonds. The second-order valence-corrected chi connectivity index (χ2v) is 12.2. The van der Waals surface area contributed by atoms with Gasteiger partial charge in [0.1, 0.15) is 5.60 Å². The van der Waals surface area contributed by atoms with Crippen molar-refractivity contribution in [2.24, 2.45) is 53.3 Å². The summed E-state index contributed by atoms with van der Waals surface area (Å²) >= 11 is 0. The number of hydrogen-bond acceptors (Lipinski definition) is 5. The monoisotopic (exact) mass is 446 g/mol. The van der Waals surface area contributed by atoms with E-state index in [2.05, 4.69) is 13.8 Å². The molecule has 6 rings (SSSR count). The molecule has 180 valence electrons. The smallest absolute Gasteiger partial charge is 0.312 e. The van der Waals surface area contributed by atoms with Gasteiger partial charge in [-0.05, 0) is 93.3 Å². The Kier molecular flexibility index (Phi) is 5.66. The van der Waals surface area contributed by atoms with E-state index in [1.807, 2.05) is 20.8 Å². The van der Waals surface area contributed by atoms with E-state index in [1.165, 1.54) is 19.3 Å². The Labute approximate surface area is 193 Å². The van der Waals surface area contributed by atoms with E-state index >= 15 is 0 Å². The molecule has 0 heterocycles. The van der Waals surface area contributed by atoms with Gasteiger partial charge in [0.2, 0.25) is 5.79 Å². The van der Waals surface area contributed by atoms with E-state index in [9.17, 15) is 9.59 Å². The summed E-state index contributed by atoms with van der Waals surface area (Å²) < 4.78 is 18.2. The minimum Gasteiger partial charge on any atom is -0.459 e. The third-order valence-corrected chi connectivity index (χ3v) is 10.3. The van der Waals surface area contributed by atoms with Crippen LogP contribution in [0.1, 0.15) is 86.0 Å². The van der Waals surface area contributed by atoms with Gasteiger partial charge in [-0.25, -0.2) is 0 Å². The van der Waals surface area contributed by atoms with E-state index in [0.29, 0.717) is 24.9 Å². The lowest BCUT2D eigenvalue weighted by molar-refractivity contribution is -0.232. The van der Waals surface area contributed by atoms with Crippen molar-refractivity contribution < 1.29 is 23.8 Å². The topological polar surface area (TPSA) is 61.8 Å². The van der Waals surface area contributed by atoms with E-state index in [1.54, 1.807) is 0 Å². The molecule has 0 aromatic carbocycles. The largest absolute Gasteiger partial charge is 0.459 e. The van der Waals surface area contributed by atoms with Gasteiger partial charge in [0.05, 0.1) is 11.8 Å². The number of esters is 2. The Morgan fingerprint density at radius 3 is 1.81 bits per heavy atom. The minimum absolute atomic E-state index is 0.116. The van der Waals surface area contributed by atoms with Crippen LogP contribution in [0.25, 0.3) is 0 Å². The highest BCUT2D eigenvalue weighted by atomic mass is 16.7. The molecule has 0 aromatic rings. The van der Waals surface area contributed by atoms with Crippen LogP contribution in [0.2, 0.25) is 0 Å². The van der Waals surface area contributed by atoms with E-state index in [4.69, 9.17) is 14.2 Å². The van der Waals surface area contributed by atoms with Crippen LogP contribution >= 0.6 is 0 Å². The van der Waals surface area contributed by atoms with Crippen LogP contribution in [0.5, 0.6) is 0 Å². The first-order valence-electron chi connectivity index (χ1n) is 13.3. The number of rotatable bonds is 7. The van der Waals surface area contributed by atoms with Crippen LogP contribution < -0.4 is 0 Å². The van der Waals surface area contributed by atoms with Crippen molar-refractivity contribution in [3.05, 3.63) is 0 Å². The van der Waals surface area contributed by atoms with Crippen molar-refractivity contribution in [1.82, 2.24) is 0 Å². The van der Waals surface area contributed by atoms with Gasteiger partial charge in [0.15, 0.2) is 0 Å². The first kappa shape index (κ1) is 22.7. The molecule has 0 radical (unpaired) electrons. The van der Waals surface area contributed by atoms with Gasteiger partial charge in [0.25, 0.3) is 0 Å². The second-order valence-electron chi connectivity index (χ2n) is 12.2. The number of carbonyl (C=O) groups is 2. The zero-order chi connectivity index (χ0) is 22.8. The molecule has 0 aromatic heterocycles. The van der Waals surface area contributed by atoms with Crippen molar-refractivity contribution in [1.29, 1.82) is 0 Å². The van der Waals surface area contributed by atoms with Crippen molar-refractivity contribution >= 4 is 11.9 Å². The first-order chi connectivity index (χ1) is 15.2. The summed E-state index contributed by atoms with van der Waals surface area (Å²) in [5.74, 6) is 1.36. The van der Waals surface area contributed by atoms with Crippen molar-refractivity contribution in [2.45, 2.75) is 97.4 Å². The molecule has 6 bridgehead atoms. The number of hydrogen-bond donors (Lipinski definition) is 0. The highest BCUT2D eigenvalue weighted by Gasteiger charge is 2.63. The van der Waals surface area contributed by atoms with Gasteiger partial charge in [0, 0.05) is 20.0 Å². The molecule has 5 heteroatoms. The van der Waals surface area contributed by atoms with Crippen molar-refractivity contribution in [3.8, 4) is 0 Å². The maximum absolute atomic E-state index is 13.8. The van der Waals surface area contributed by atoms with Gasteiger partial charge in [-0.15, -0.1) is 0 Å². The maximum Gasteiger partial charge on any atom is 0.312 e. The van der Waals surface area contributed by atoms with Gasteiger partial charge in [-0.3, -0.25) is 9.59 Å². The quantitative estimate of drug-likeness (QED) is 0.389. The molecule has 5 nitrogen and oxygen atoms in total. The zero-order valence-corrected chi connectivity index (χ0v) is 20.6. The summed E-state index contributed by atoms with van der Waals surface area (Å²) in [7, 11) is 0. The van der Waals surface area contributed by atoms with E-state index in [0.717, 1.165) is 43.4 Å². The molecule has 0 aliphatic heterocycles. The molecular formula is C27H42O5. The molecule has 0 N–H and O–H groups in total. The van der Waals surface area contributed by atoms with Crippen molar-refractivity contribution in [3.63, 3.8) is 0 Å². The standard InChI is InChI=1S/C27H42O5/c1-6-26(5,30-7-2)31-24(28)22-20-11-21(16(4)15(20)3)23(22)25(29)32-27-12-17-8-18(13-27)10-19(9-17)14-27/h15-23H,6-14H2,1-5H3. The lowest BCUT2D eigenvalue weighted by atomic mass is 9.54. The van der Waals surface area contributed by atoms with Crippen LogP contribution in [-0.4, -0.2) is 29.9 Å². The van der Waals surface area contributed by atoms with E-state index in [-0.39, 0.29) is 35.3 Å². The van der Waals surface area contributed by atoms with Gasteiger partial charge >= 0.3 is 11.9 Å². The molecule has 6 fully saturated rings. The summed E-state index contributed by atoms with van der Waals surface area (Å²) in [5.41, 5.74) is -0.264. The molecule has 0 spiro atoms.